The van der Waals surface area contributed by atoms with Crippen LogP contribution in [-0.4, -0.2) is 26.4 Å². The number of rotatable bonds is 4. The van der Waals surface area contributed by atoms with Crippen molar-refractivity contribution < 1.29 is 4.74 Å². The first-order valence-electron chi connectivity index (χ1n) is 5.62. The fraction of sp³-hybridized carbons (Fsp3) is 0.364. The third-order valence-corrected chi connectivity index (χ3v) is 2.53. The number of hydrogen-bond donors (Lipinski definition) is 2. The summed E-state index contributed by atoms with van der Waals surface area (Å²) in [5, 5.41) is 4.23. The predicted octanol–water partition coefficient (Wildman–Crippen LogP) is 0.364. The number of anilines is 2. The van der Waals surface area contributed by atoms with Crippen molar-refractivity contribution in [2.24, 2.45) is 7.05 Å². The third-order valence-electron chi connectivity index (χ3n) is 2.53. The molecule has 0 unspecified atom stereocenters. The van der Waals surface area contributed by atoms with Gasteiger partial charge in [-0.05, 0) is 6.92 Å². The van der Waals surface area contributed by atoms with Crippen LogP contribution in [0.25, 0.3) is 0 Å². The van der Waals surface area contributed by atoms with E-state index >= 15 is 0 Å². The number of nitrogens with zero attached hydrogens (tertiary/aromatic N) is 4. The third kappa shape index (κ3) is 2.50. The number of aromatic nitrogens is 4. The van der Waals surface area contributed by atoms with Gasteiger partial charge in [0.2, 0.25) is 11.8 Å². The molecule has 2 rings (SSSR count). The molecule has 0 spiro atoms. The van der Waals surface area contributed by atoms with Crippen molar-refractivity contribution in [1.82, 2.24) is 19.7 Å². The number of ether oxygens (including phenoxy) is 1. The fourth-order valence-electron chi connectivity index (χ4n) is 1.63. The van der Waals surface area contributed by atoms with E-state index in [-0.39, 0.29) is 5.95 Å². The number of hydrogen-bond acceptors (Lipinski definition) is 6. The molecule has 0 amide bonds. The average Bonchev–Trinajstić information content (AvgIpc) is 2.64. The first-order chi connectivity index (χ1) is 8.60. The van der Waals surface area contributed by atoms with Crippen molar-refractivity contribution in [3.05, 3.63) is 23.5 Å². The molecular formula is C11H16N6O. The molecule has 0 aliphatic carbocycles. The van der Waals surface area contributed by atoms with Crippen molar-refractivity contribution >= 4 is 11.8 Å². The van der Waals surface area contributed by atoms with Gasteiger partial charge in [0.25, 0.3) is 0 Å². The molecule has 0 fully saturated rings. The molecular weight excluding hydrogens is 232 g/mol. The van der Waals surface area contributed by atoms with Crippen LogP contribution in [0.1, 0.15) is 18.2 Å². The quantitative estimate of drug-likeness (QED) is 0.809. The van der Waals surface area contributed by atoms with E-state index in [0.717, 1.165) is 11.3 Å². The molecule has 0 saturated heterocycles. The zero-order chi connectivity index (χ0) is 13.1. The number of nitrogen functional groups attached to an aromatic ring is 2. The summed E-state index contributed by atoms with van der Waals surface area (Å²) < 4.78 is 7.09. The molecule has 0 atom stereocenters. The Kier molecular flexibility index (Phi) is 3.31. The van der Waals surface area contributed by atoms with Crippen LogP contribution >= 0.6 is 0 Å². The second-order valence-corrected chi connectivity index (χ2v) is 3.85. The maximum Gasteiger partial charge on any atom is 0.232 e. The van der Waals surface area contributed by atoms with E-state index in [4.69, 9.17) is 16.2 Å². The van der Waals surface area contributed by atoms with E-state index in [1.807, 2.05) is 20.0 Å². The lowest BCUT2D eigenvalue weighted by Crippen LogP contribution is -2.06. The summed E-state index contributed by atoms with van der Waals surface area (Å²) in [4.78, 5) is 7.86. The Hall–Kier alpha value is -2.31. The van der Waals surface area contributed by atoms with E-state index in [1.54, 1.807) is 10.9 Å². The predicted molar refractivity (Wildman–Crippen MR) is 68.0 cm³/mol. The van der Waals surface area contributed by atoms with Crippen LogP contribution in [0.3, 0.4) is 0 Å². The Balaban J connectivity index is 2.22. The molecule has 7 nitrogen and oxygen atoms in total. The second-order valence-electron chi connectivity index (χ2n) is 3.85. The Bertz CT molecular complexity index is 550. The Morgan fingerprint density at radius 1 is 1.39 bits per heavy atom. The lowest BCUT2D eigenvalue weighted by molar-refractivity contribution is 0.323. The number of nitrogens with two attached hydrogens (primary N) is 2. The summed E-state index contributed by atoms with van der Waals surface area (Å²) in [5.41, 5.74) is 13.0. The minimum atomic E-state index is 0.177. The second kappa shape index (κ2) is 4.91. The summed E-state index contributed by atoms with van der Waals surface area (Å²) in [6.45, 7) is 2.50. The van der Waals surface area contributed by atoms with E-state index in [9.17, 15) is 0 Å². The van der Waals surface area contributed by atoms with Crippen molar-refractivity contribution in [2.45, 2.75) is 13.3 Å². The molecule has 4 N–H and O–H groups in total. The van der Waals surface area contributed by atoms with Gasteiger partial charge in [-0.1, -0.05) is 0 Å². The smallest absolute Gasteiger partial charge is 0.232 e. The molecule has 0 aromatic carbocycles. The fourth-order valence-corrected chi connectivity index (χ4v) is 1.63. The van der Waals surface area contributed by atoms with E-state index in [2.05, 4.69) is 15.1 Å². The van der Waals surface area contributed by atoms with Gasteiger partial charge in [-0.15, -0.1) is 5.10 Å². The SMILES string of the molecule is CCOc1cc(Cc2cnc(N)nc2N)n(C)n1. The van der Waals surface area contributed by atoms with Crippen molar-refractivity contribution in [2.75, 3.05) is 18.1 Å². The van der Waals surface area contributed by atoms with Crippen LogP contribution in [0.5, 0.6) is 5.88 Å². The molecule has 0 bridgehead atoms. The Morgan fingerprint density at radius 3 is 2.83 bits per heavy atom. The van der Waals surface area contributed by atoms with Crippen LogP contribution < -0.4 is 16.2 Å². The largest absolute Gasteiger partial charge is 0.477 e. The van der Waals surface area contributed by atoms with Gasteiger partial charge in [0.05, 0.1) is 6.61 Å². The zero-order valence-corrected chi connectivity index (χ0v) is 10.4. The van der Waals surface area contributed by atoms with Gasteiger partial charge < -0.3 is 16.2 Å². The van der Waals surface area contributed by atoms with Gasteiger partial charge in [-0.25, -0.2) is 4.98 Å². The zero-order valence-electron chi connectivity index (χ0n) is 10.4. The maximum absolute atomic E-state index is 5.79. The molecule has 2 aromatic rings. The molecule has 7 heteroatoms. The topological polar surface area (TPSA) is 105 Å². The van der Waals surface area contributed by atoms with Crippen LogP contribution in [-0.2, 0) is 13.5 Å². The highest BCUT2D eigenvalue weighted by Crippen LogP contribution is 2.17. The van der Waals surface area contributed by atoms with Crippen LogP contribution in [0, 0.1) is 0 Å². The van der Waals surface area contributed by atoms with Gasteiger partial charge in [-0.3, -0.25) is 4.68 Å². The van der Waals surface area contributed by atoms with Crippen LogP contribution in [0.15, 0.2) is 12.3 Å². The first-order valence-corrected chi connectivity index (χ1v) is 5.62. The first kappa shape index (κ1) is 12.2. The molecule has 2 aromatic heterocycles. The summed E-state index contributed by atoms with van der Waals surface area (Å²) >= 11 is 0. The molecule has 0 saturated carbocycles. The molecule has 0 radical (unpaired) electrons. The van der Waals surface area contributed by atoms with Crippen molar-refractivity contribution in [1.29, 1.82) is 0 Å². The lowest BCUT2D eigenvalue weighted by atomic mass is 10.2. The van der Waals surface area contributed by atoms with E-state index < -0.39 is 0 Å². The highest BCUT2D eigenvalue weighted by atomic mass is 16.5. The van der Waals surface area contributed by atoms with E-state index in [0.29, 0.717) is 24.7 Å². The molecule has 96 valence electrons. The summed E-state index contributed by atoms with van der Waals surface area (Å²) in [6.07, 6.45) is 2.22. The standard InChI is InChI=1S/C11H16N6O/c1-3-18-9-5-8(17(2)16-9)4-7-6-14-11(13)15-10(7)12/h5-6H,3-4H2,1-2H3,(H4,12,13,14,15). The maximum atomic E-state index is 5.79. The van der Waals surface area contributed by atoms with Crippen LogP contribution in [0.4, 0.5) is 11.8 Å². The molecule has 0 aliphatic heterocycles. The highest BCUT2D eigenvalue weighted by molar-refractivity contribution is 5.43. The number of aryl methyl sites for hydroxylation is 1. The molecule has 18 heavy (non-hydrogen) atoms. The molecule has 2 heterocycles. The van der Waals surface area contributed by atoms with Crippen molar-refractivity contribution in [3.8, 4) is 5.88 Å². The monoisotopic (exact) mass is 248 g/mol. The average molecular weight is 248 g/mol. The van der Waals surface area contributed by atoms with Gasteiger partial charge in [0.1, 0.15) is 5.82 Å². The summed E-state index contributed by atoms with van der Waals surface area (Å²) in [6, 6.07) is 1.87. The Morgan fingerprint density at radius 2 is 2.17 bits per heavy atom. The van der Waals surface area contributed by atoms with E-state index in [1.165, 1.54) is 0 Å². The van der Waals surface area contributed by atoms with Gasteiger partial charge in [-0.2, -0.15) is 4.98 Å². The lowest BCUT2D eigenvalue weighted by Gasteiger charge is -2.04. The normalized spacial score (nSPS) is 10.6. The van der Waals surface area contributed by atoms with Crippen LogP contribution in [0.2, 0.25) is 0 Å². The minimum absolute atomic E-state index is 0.177. The van der Waals surface area contributed by atoms with Gasteiger partial charge >= 0.3 is 0 Å². The minimum Gasteiger partial charge on any atom is -0.477 e. The van der Waals surface area contributed by atoms with Gasteiger partial charge in [0, 0.05) is 37.0 Å². The van der Waals surface area contributed by atoms with Gasteiger partial charge in [0.15, 0.2) is 0 Å². The summed E-state index contributed by atoms with van der Waals surface area (Å²) in [5.74, 6) is 1.17. The Labute approximate surface area is 105 Å². The summed E-state index contributed by atoms with van der Waals surface area (Å²) in [7, 11) is 1.85. The molecule has 0 aliphatic rings. The highest BCUT2D eigenvalue weighted by Gasteiger charge is 2.09. The van der Waals surface area contributed by atoms with Crippen molar-refractivity contribution in [3.63, 3.8) is 0 Å².